The smallest absolute Gasteiger partial charge is 0.338 e. The van der Waals surface area contributed by atoms with Crippen LogP contribution in [-0.2, 0) is 10.2 Å². The number of nitrogens with zero attached hydrogens (tertiary/aromatic N) is 1. The molecule has 0 spiro atoms. The second-order valence-electron chi connectivity index (χ2n) is 7.28. The maximum atomic E-state index is 12.0. The van der Waals surface area contributed by atoms with E-state index in [0.29, 0.717) is 12.2 Å². The zero-order valence-corrected chi connectivity index (χ0v) is 15.2. The van der Waals surface area contributed by atoms with E-state index in [9.17, 15) is 4.79 Å². The molecule has 0 aliphatic carbocycles. The molecule has 1 N–H and O–H groups in total. The summed E-state index contributed by atoms with van der Waals surface area (Å²) in [6, 6.07) is 13.8. The van der Waals surface area contributed by atoms with Crippen LogP contribution in [0, 0.1) is 0 Å². The lowest BCUT2D eigenvalue weighted by molar-refractivity contribution is 0.0505. The monoisotopic (exact) mass is 336 g/mol. The largest absolute Gasteiger partial charge is 0.462 e. The van der Waals surface area contributed by atoms with Crippen molar-refractivity contribution in [2.45, 2.75) is 39.5 Å². The zero-order valence-electron chi connectivity index (χ0n) is 15.2. The van der Waals surface area contributed by atoms with Gasteiger partial charge in [0.15, 0.2) is 0 Å². The number of nitrogens with one attached hydrogen (secondary N) is 1. The lowest BCUT2D eigenvalue weighted by atomic mass is 9.87. The molecule has 0 saturated heterocycles. The van der Waals surface area contributed by atoms with Crippen LogP contribution in [0.15, 0.2) is 42.5 Å². The fourth-order valence-corrected chi connectivity index (χ4v) is 2.68. The molecule has 0 bridgehead atoms. The summed E-state index contributed by atoms with van der Waals surface area (Å²) in [6.07, 6.45) is 0.812. The summed E-state index contributed by atoms with van der Waals surface area (Å²) >= 11 is 0. The van der Waals surface area contributed by atoms with Crippen molar-refractivity contribution in [2.24, 2.45) is 0 Å². The summed E-state index contributed by atoms with van der Waals surface area (Å²) < 4.78 is 5.19. The molecule has 0 saturated carbocycles. The number of ether oxygens (including phenoxy) is 1. The highest BCUT2D eigenvalue weighted by Gasteiger charge is 2.14. The van der Waals surface area contributed by atoms with E-state index in [0.717, 1.165) is 28.8 Å². The lowest BCUT2D eigenvalue weighted by Crippen LogP contribution is -2.10. The number of aromatic amines is 1. The van der Waals surface area contributed by atoms with Gasteiger partial charge in [0.1, 0.15) is 5.82 Å². The minimum absolute atomic E-state index is 0.125. The predicted molar refractivity (Wildman–Crippen MR) is 101 cm³/mol. The number of benzene rings is 2. The highest BCUT2D eigenvalue weighted by molar-refractivity contribution is 5.94. The molecule has 0 amide bonds. The van der Waals surface area contributed by atoms with Crippen LogP contribution in [0.4, 0.5) is 0 Å². The summed E-state index contributed by atoms with van der Waals surface area (Å²) in [4.78, 5) is 19.9. The Kier molecular flexibility index (Phi) is 4.62. The van der Waals surface area contributed by atoms with Gasteiger partial charge in [-0.05, 0) is 35.6 Å². The first-order valence-electron chi connectivity index (χ1n) is 8.66. The fourth-order valence-electron chi connectivity index (χ4n) is 2.68. The molecule has 0 radical (unpaired) electrons. The van der Waals surface area contributed by atoms with Gasteiger partial charge in [0.05, 0.1) is 23.2 Å². The molecule has 25 heavy (non-hydrogen) atoms. The van der Waals surface area contributed by atoms with Gasteiger partial charge < -0.3 is 9.72 Å². The van der Waals surface area contributed by atoms with Crippen LogP contribution in [0.2, 0.25) is 0 Å². The number of rotatable bonds is 4. The molecule has 4 nitrogen and oxygen atoms in total. The van der Waals surface area contributed by atoms with Gasteiger partial charge in [-0.3, -0.25) is 0 Å². The van der Waals surface area contributed by atoms with Crippen LogP contribution in [-0.4, -0.2) is 22.5 Å². The minimum atomic E-state index is -0.297. The van der Waals surface area contributed by atoms with Gasteiger partial charge in [0.25, 0.3) is 0 Å². The van der Waals surface area contributed by atoms with Crippen LogP contribution in [0.5, 0.6) is 0 Å². The Morgan fingerprint density at radius 1 is 1.12 bits per heavy atom. The highest BCUT2D eigenvalue weighted by Crippen LogP contribution is 2.26. The zero-order chi connectivity index (χ0) is 18.0. The molecule has 3 rings (SSSR count). The third kappa shape index (κ3) is 3.73. The number of hydrogen-bond acceptors (Lipinski definition) is 3. The quantitative estimate of drug-likeness (QED) is 0.675. The van der Waals surface area contributed by atoms with Gasteiger partial charge in [-0.1, -0.05) is 52.0 Å². The standard InChI is InChI=1S/C21H24N2O2/c1-5-12-25-20(24)15-8-11-17-18(13-15)23-19(22-17)14-6-9-16(10-7-14)21(2,3)4/h6-11,13H,5,12H2,1-4H3,(H,22,23). The van der Waals surface area contributed by atoms with Gasteiger partial charge >= 0.3 is 5.97 Å². The molecular weight excluding hydrogens is 312 g/mol. The maximum Gasteiger partial charge on any atom is 0.338 e. The average molecular weight is 336 g/mol. The number of carbonyl (C=O) groups is 1. The summed E-state index contributed by atoms with van der Waals surface area (Å²) in [6.45, 7) is 9.00. The molecule has 4 heteroatoms. The number of aromatic nitrogens is 2. The first-order valence-corrected chi connectivity index (χ1v) is 8.66. The Labute approximate surface area is 148 Å². The van der Waals surface area contributed by atoms with Crippen LogP contribution in [0.25, 0.3) is 22.4 Å². The number of carbonyl (C=O) groups excluding carboxylic acids is 1. The minimum Gasteiger partial charge on any atom is -0.462 e. The molecular formula is C21H24N2O2. The summed E-state index contributed by atoms with van der Waals surface area (Å²) in [7, 11) is 0. The van der Waals surface area contributed by atoms with Crippen molar-refractivity contribution in [3.05, 3.63) is 53.6 Å². The number of esters is 1. The topological polar surface area (TPSA) is 55.0 Å². The molecule has 2 aromatic carbocycles. The van der Waals surface area contributed by atoms with Crippen LogP contribution in [0.1, 0.15) is 50.0 Å². The Morgan fingerprint density at radius 2 is 1.84 bits per heavy atom. The third-order valence-electron chi connectivity index (χ3n) is 4.18. The van der Waals surface area contributed by atoms with E-state index in [1.54, 1.807) is 12.1 Å². The molecule has 0 unspecified atom stereocenters. The van der Waals surface area contributed by atoms with Crippen molar-refractivity contribution in [1.29, 1.82) is 0 Å². The van der Waals surface area contributed by atoms with E-state index in [1.165, 1.54) is 5.56 Å². The summed E-state index contributed by atoms with van der Waals surface area (Å²) in [5, 5.41) is 0. The highest BCUT2D eigenvalue weighted by atomic mass is 16.5. The van der Waals surface area contributed by atoms with Gasteiger partial charge in [-0.25, -0.2) is 9.78 Å². The van der Waals surface area contributed by atoms with Crippen molar-refractivity contribution in [1.82, 2.24) is 9.97 Å². The Hall–Kier alpha value is -2.62. The van der Waals surface area contributed by atoms with E-state index >= 15 is 0 Å². The van der Waals surface area contributed by atoms with E-state index in [1.807, 2.05) is 13.0 Å². The van der Waals surface area contributed by atoms with Crippen molar-refractivity contribution in [3.63, 3.8) is 0 Å². The second-order valence-corrected chi connectivity index (χ2v) is 7.28. The van der Waals surface area contributed by atoms with E-state index in [4.69, 9.17) is 4.74 Å². The molecule has 0 aliphatic heterocycles. The molecule has 0 fully saturated rings. The number of fused-ring (bicyclic) bond motifs is 1. The lowest BCUT2D eigenvalue weighted by Gasteiger charge is -2.18. The van der Waals surface area contributed by atoms with Crippen LogP contribution < -0.4 is 0 Å². The van der Waals surface area contributed by atoms with Crippen molar-refractivity contribution in [2.75, 3.05) is 6.61 Å². The van der Waals surface area contributed by atoms with Crippen molar-refractivity contribution >= 4 is 17.0 Å². The van der Waals surface area contributed by atoms with Crippen LogP contribution in [0.3, 0.4) is 0 Å². The van der Waals surface area contributed by atoms with Gasteiger partial charge in [-0.2, -0.15) is 0 Å². The Bertz CT molecular complexity index is 886. The Balaban J connectivity index is 1.89. The maximum absolute atomic E-state index is 12.0. The molecule has 3 aromatic rings. The van der Waals surface area contributed by atoms with E-state index in [2.05, 4.69) is 55.0 Å². The molecule has 130 valence electrons. The Morgan fingerprint density at radius 3 is 2.48 bits per heavy atom. The molecule has 1 aromatic heterocycles. The third-order valence-corrected chi connectivity index (χ3v) is 4.18. The van der Waals surface area contributed by atoms with Crippen LogP contribution >= 0.6 is 0 Å². The van der Waals surface area contributed by atoms with Gasteiger partial charge in [0, 0.05) is 5.56 Å². The second kappa shape index (κ2) is 6.71. The van der Waals surface area contributed by atoms with Crippen molar-refractivity contribution in [3.8, 4) is 11.4 Å². The fraction of sp³-hybridized carbons (Fsp3) is 0.333. The summed E-state index contributed by atoms with van der Waals surface area (Å²) in [5.74, 6) is 0.504. The van der Waals surface area contributed by atoms with E-state index < -0.39 is 0 Å². The molecule has 0 atom stereocenters. The van der Waals surface area contributed by atoms with Gasteiger partial charge in [-0.15, -0.1) is 0 Å². The van der Waals surface area contributed by atoms with Crippen molar-refractivity contribution < 1.29 is 9.53 Å². The first kappa shape index (κ1) is 17.2. The SMILES string of the molecule is CCCOC(=O)c1ccc2nc(-c3ccc(C(C)(C)C)cc3)[nH]c2c1. The molecule has 0 aliphatic rings. The first-order chi connectivity index (χ1) is 11.9. The normalized spacial score (nSPS) is 11.7. The number of H-pyrrole nitrogens is 1. The molecule has 1 heterocycles. The number of hydrogen-bond donors (Lipinski definition) is 1. The summed E-state index contributed by atoms with van der Waals surface area (Å²) in [5.41, 5.74) is 4.65. The van der Waals surface area contributed by atoms with E-state index in [-0.39, 0.29) is 11.4 Å². The van der Waals surface area contributed by atoms with Gasteiger partial charge in [0.2, 0.25) is 0 Å². The predicted octanol–water partition coefficient (Wildman–Crippen LogP) is 5.09. The average Bonchev–Trinajstić information content (AvgIpc) is 3.02. The number of imidazole rings is 1.